The Morgan fingerprint density at radius 1 is 1.50 bits per heavy atom. The van der Waals surface area contributed by atoms with Gasteiger partial charge in [0.2, 0.25) is 10.0 Å². The van der Waals surface area contributed by atoms with Crippen LogP contribution in [0.2, 0.25) is 0 Å². The summed E-state index contributed by atoms with van der Waals surface area (Å²) in [5.41, 5.74) is 0. The van der Waals surface area contributed by atoms with Crippen LogP contribution in [0.25, 0.3) is 0 Å². The molecule has 9 heteroatoms. The molecule has 3 N–H and O–H groups in total. The molecule has 0 aromatic carbocycles. The Morgan fingerprint density at radius 3 is 2.44 bits per heavy atom. The van der Waals surface area contributed by atoms with Crippen LogP contribution in [-0.4, -0.2) is 43.9 Å². The van der Waals surface area contributed by atoms with Gasteiger partial charge in [-0.25, -0.2) is 13.6 Å². The zero-order valence-corrected chi connectivity index (χ0v) is 10.5. The molecule has 0 saturated carbocycles. The lowest BCUT2D eigenvalue weighted by Crippen LogP contribution is -2.31. The van der Waals surface area contributed by atoms with Gasteiger partial charge in [0.25, 0.3) is 5.91 Å². The van der Waals surface area contributed by atoms with Crippen molar-refractivity contribution in [3.05, 3.63) is 17.6 Å². The van der Waals surface area contributed by atoms with Crippen LogP contribution in [-0.2, 0) is 14.8 Å². The number of aryl methyl sites for hydroxylation is 1. The molecule has 1 heterocycles. The average molecular weight is 276 g/mol. The fraction of sp³-hybridized carbons (Fsp3) is 0.333. The summed E-state index contributed by atoms with van der Waals surface area (Å²) in [6.07, 6.45) is 0. The number of furan rings is 1. The van der Waals surface area contributed by atoms with Gasteiger partial charge in [-0.2, -0.15) is 0 Å². The molecule has 0 fully saturated rings. The molecule has 0 atom stereocenters. The second kappa shape index (κ2) is 4.78. The summed E-state index contributed by atoms with van der Waals surface area (Å²) in [7, 11) is -2.72. The van der Waals surface area contributed by atoms with E-state index in [1.54, 1.807) is 0 Å². The van der Waals surface area contributed by atoms with Crippen LogP contribution in [0.5, 0.6) is 0 Å². The Kier molecular flexibility index (Phi) is 3.77. The lowest BCUT2D eigenvalue weighted by Gasteiger charge is -2.11. The molecular formula is C9H12N2O6S. The summed E-state index contributed by atoms with van der Waals surface area (Å²) in [5.74, 6) is -2.24. The highest BCUT2D eigenvalue weighted by molar-refractivity contribution is 7.89. The largest absolute Gasteiger partial charge is 0.480 e. The van der Waals surface area contributed by atoms with E-state index in [-0.39, 0.29) is 16.4 Å². The third kappa shape index (κ3) is 3.08. The SMILES string of the molecule is Cc1oc(C(=O)N(C)CC(=O)O)cc1S(N)(=O)=O. The first-order valence-corrected chi connectivity index (χ1v) is 6.28. The van der Waals surface area contributed by atoms with Crippen molar-refractivity contribution in [2.24, 2.45) is 5.14 Å². The van der Waals surface area contributed by atoms with Crippen molar-refractivity contribution < 1.29 is 27.5 Å². The van der Waals surface area contributed by atoms with Crippen molar-refractivity contribution in [2.75, 3.05) is 13.6 Å². The van der Waals surface area contributed by atoms with E-state index in [2.05, 4.69) is 0 Å². The van der Waals surface area contributed by atoms with Gasteiger partial charge < -0.3 is 14.4 Å². The molecule has 0 aliphatic carbocycles. The molecule has 1 aromatic heterocycles. The van der Waals surface area contributed by atoms with Crippen LogP contribution < -0.4 is 5.14 Å². The molecule has 0 saturated heterocycles. The maximum absolute atomic E-state index is 11.7. The van der Waals surface area contributed by atoms with Crippen LogP contribution >= 0.6 is 0 Å². The second-order valence-corrected chi connectivity index (χ2v) is 5.16. The summed E-state index contributed by atoms with van der Waals surface area (Å²) in [4.78, 5) is 22.7. The zero-order valence-electron chi connectivity index (χ0n) is 9.71. The molecule has 0 unspecified atom stereocenters. The van der Waals surface area contributed by atoms with Gasteiger partial charge in [0.1, 0.15) is 17.2 Å². The first-order valence-electron chi connectivity index (χ1n) is 4.73. The minimum atomic E-state index is -3.98. The number of nitrogens with zero attached hydrogens (tertiary/aromatic N) is 1. The van der Waals surface area contributed by atoms with Crippen molar-refractivity contribution in [3.63, 3.8) is 0 Å². The lowest BCUT2D eigenvalue weighted by atomic mass is 10.4. The Labute approximate surface area is 103 Å². The van der Waals surface area contributed by atoms with E-state index >= 15 is 0 Å². The van der Waals surface area contributed by atoms with E-state index in [1.807, 2.05) is 0 Å². The Morgan fingerprint density at radius 2 is 2.06 bits per heavy atom. The number of carbonyl (C=O) groups is 2. The molecule has 0 bridgehead atoms. The predicted octanol–water partition coefficient (Wildman–Crippen LogP) is -0.608. The van der Waals surface area contributed by atoms with Crippen molar-refractivity contribution in [1.29, 1.82) is 0 Å². The number of hydrogen-bond acceptors (Lipinski definition) is 5. The minimum Gasteiger partial charge on any atom is -0.480 e. The maximum Gasteiger partial charge on any atom is 0.323 e. The Hall–Kier alpha value is -1.87. The minimum absolute atomic E-state index is 0.0235. The number of carbonyl (C=O) groups excluding carboxylic acids is 1. The summed E-state index contributed by atoms with van der Waals surface area (Å²) in [6, 6.07) is 0.978. The third-order valence-electron chi connectivity index (χ3n) is 2.11. The van der Waals surface area contributed by atoms with Gasteiger partial charge in [-0.3, -0.25) is 9.59 Å². The highest BCUT2D eigenvalue weighted by Crippen LogP contribution is 2.19. The number of carboxylic acid groups (broad SMARTS) is 1. The molecule has 8 nitrogen and oxygen atoms in total. The number of nitrogens with two attached hydrogens (primary N) is 1. The van der Waals surface area contributed by atoms with Crippen molar-refractivity contribution in [2.45, 2.75) is 11.8 Å². The van der Waals surface area contributed by atoms with Gasteiger partial charge >= 0.3 is 5.97 Å². The summed E-state index contributed by atoms with van der Waals surface area (Å²) < 4.78 is 27.2. The smallest absolute Gasteiger partial charge is 0.323 e. The summed E-state index contributed by atoms with van der Waals surface area (Å²) in [5, 5.41) is 13.4. The van der Waals surface area contributed by atoms with Gasteiger partial charge in [-0.1, -0.05) is 0 Å². The highest BCUT2D eigenvalue weighted by Gasteiger charge is 2.23. The molecule has 1 rings (SSSR count). The van der Waals surface area contributed by atoms with Gasteiger partial charge in [0.05, 0.1) is 0 Å². The van der Waals surface area contributed by atoms with Crippen LogP contribution in [0.3, 0.4) is 0 Å². The van der Waals surface area contributed by atoms with Gasteiger partial charge in [0, 0.05) is 13.1 Å². The van der Waals surface area contributed by atoms with Crippen LogP contribution in [0, 0.1) is 6.92 Å². The average Bonchev–Trinajstić information content (AvgIpc) is 2.57. The molecule has 0 spiro atoms. The van der Waals surface area contributed by atoms with Crippen LogP contribution in [0.4, 0.5) is 0 Å². The van der Waals surface area contributed by atoms with Gasteiger partial charge in [-0.15, -0.1) is 0 Å². The normalized spacial score (nSPS) is 11.3. The number of amides is 1. The van der Waals surface area contributed by atoms with Gasteiger partial charge in [0.15, 0.2) is 5.76 Å². The van der Waals surface area contributed by atoms with E-state index < -0.39 is 28.4 Å². The number of carboxylic acids is 1. The number of primary sulfonamides is 1. The number of hydrogen-bond donors (Lipinski definition) is 2. The topological polar surface area (TPSA) is 131 Å². The van der Waals surface area contributed by atoms with Crippen molar-refractivity contribution >= 4 is 21.9 Å². The van der Waals surface area contributed by atoms with E-state index in [4.69, 9.17) is 14.7 Å². The molecule has 0 aliphatic heterocycles. The lowest BCUT2D eigenvalue weighted by molar-refractivity contribution is -0.137. The van der Waals surface area contributed by atoms with Crippen molar-refractivity contribution in [1.82, 2.24) is 4.90 Å². The number of aliphatic carboxylic acids is 1. The van der Waals surface area contributed by atoms with Crippen LogP contribution in [0.15, 0.2) is 15.4 Å². The Bertz CT molecular complexity index is 588. The summed E-state index contributed by atoms with van der Waals surface area (Å²) >= 11 is 0. The van der Waals surface area contributed by atoms with E-state index in [0.29, 0.717) is 0 Å². The summed E-state index contributed by atoms with van der Waals surface area (Å²) in [6.45, 7) is 0.816. The van der Waals surface area contributed by atoms with Gasteiger partial charge in [-0.05, 0) is 6.92 Å². The van der Waals surface area contributed by atoms with E-state index in [9.17, 15) is 18.0 Å². The van der Waals surface area contributed by atoms with Crippen LogP contribution in [0.1, 0.15) is 16.3 Å². The molecule has 1 aromatic rings. The number of sulfonamides is 1. The quantitative estimate of drug-likeness (QED) is 0.754. The molecule has 0 radical (unpaired) electrons. The van der Waals surface area contributed by atoms with E-state index in [1.165, 1.54) is 14.0 Å². The fourth-order valence-corrected chi connectivity index (χ4v) is 2.03. The molecule has 0 aliphatic rings. The molecule has 18 heavy (non-hydrogen) atoms. The standard InChI is InChI=1S/C9H12N2O6S/c1-5-7(18(10,15)16)3-6(17-5)9(14)11(2)4-8(12)13/h3H,4H2,1-2H3,(H,12,13)(H2,10,15,16). The molecule has 1 amide bonds. The predicted molar refractivity (Wildman–Crippen MR) is 59.4 cm³/mol. The maximum atomic E-state index is 11.7. The molecule has 100 valence electrons. The first kappa shape index (κ1) is 14.2. The Balaban J connectivity index is 3.06. The third-order valence-corrected chi connectivity index (χ3v) is 3.13. The second-order valence-electron chi connectivity index (χ2n) is 3.63. The molecular weight excluding hydrogens is 264 g/mol. The number of rotatable bonds is 4. The zero-order chi connectivity index (χ0) is 14.1. The first-order chi connectivity index (χ1) is 8.12. The number of likely N-dealkylation sites (N-methyl/N-ethyl adjacent to an activating group) is 1. The fourth-order valence-electron chi connectivity index (χ4n) is 1.32. The highest BCUT2D eigenvalue weighted by atomic mass is 32.2. The van der Waals surface area contributed by atoms with Crippen molar-refractivity contribution in [3.8, 4) is 0 Å². The monoisotopic (exact) mass is 276 g/mol. The van der Waals surface area contributed by atoms with E-state index in [0.717, 1.165) is 11.0 Å².